The number of rotatable bonds is 9. The molecule has 8 nitrogen and oxygen atoms in total. The molecule has 0 unspecified atom stereocenters. The van der Waals surface area contributed by atoms with Crippen LogP contribution in [0.4, 0.5) is 18.9 Å². The van der Waals surface area contributed by atoms with E-state index in [1.54, 1.807) is 25.3 Å². The molecule has 1 N–H and O–H groups in total. The third-order valence-corrected chi connectivity index (χ3v) is 8.41. The highest BCUT2D eigenvalue weighted by molar-refractivity contribution is 7.92. The predicted octanol–water partition coefficient (Wildman–Crippen LogP) is 6.14. The van der Waals surface area contributed by atoms with Crippen molar-refractivity contribution < 1.29 is 31.5 Å². The number of carboxylic acid groups (broad SMARTS) is 1. The fourth-order valence-electron chi connectivity index (χ4n) is 4.56. The van der Waals surface area contributed by atoms with Gasteiger partial charge in [0.25, 0.3) is 10.0 Å². The van der Waals surface area contributed by atoms with E-state index < -0.39 is 56.1 Å². The van der Waals surface area contributed by atoms with Gasteiger partial charge in [0.05, 0.1) is 23.4 Å². The summed E-state index contributed by atoms with van der Waals surface area (Å²) in [6.07, 6.45) is 4.62. The van der Waals surface area contributed by atoms with Gasteiger partial charge in [0.15, 0.2) is 5.82 Å². The smallest absolute Gasteiger partial charge is 0.336 e. The Labute approximate surface area is 239 Å². The van der Waals surface area contributed by atoms with Crippen molar-refractivity contribution in [1.82, 2.24) is 14.8 Å². The number of pyridine rings is 1. The van der Waals surface area contributed by atoms with Gasteiger partial charge in [-0.05, 0) is 60.5 Å². The lowest BCUT2D eigenvalue weighted by atomic mass is 10.0. The number of hydrogen-bond acceptors (Lipinski definition) is 5. The molecule has 2 heterocycles. The topological polar surface area (TPSA) is 105 Å². The molecule has 0 fully saturated rings. The number of anilines is 1. The second-order valence-corrected chi connectivity index (χ2v) is 11.0. The van der Waals surface area contributed by atoms with Crippen molar-refractivity contribution in [3.8, 4) is 22.4 Å². The first kappa shape index (κ1) is 28.6. The number of sulfonamides is 1. The summed E-state index contributed by atoms with van der Waals surface area (Å²) in [5, 5.41) is 14.1. The molecule has 3 aromatic carbocycles. The number of aromatic carboxylic acids is 1. The summed E-state index contributed by atoms with van der Waals surface area (Å²) >= 11 is 0. The van der Waals surface area contributed by atoms with Crippen LogP contribution in [0.3, 0.4) is 0 Å². The number of aromatic nitrogens is 3. The zero-order chi connectivity index (χ0) is 30.0. The van der Waals surface area contributed by atoms with Gasteiger partial charge in [-0.2, -0.15) is 5.10 Å². The number of aryl methyl sites for hydroxylation is 1. The number of benzene rings is 3. The highest BCUT2D eigenvalue weighted by Crippen LogP contribution is 2.39. The summed E-state index contributed by atoms with van der Waals surface area (Å²) in [4.78, 5) is 15.1. The second-order valence-electron chi connectivity index (χ2n) is 9.14. The van der Waals surface area contributed by atoms with Crippen molar-refractivity contribution in [2.24, 2.45) is 0 Å². The van der Waals surface area contributed by atoms with Crippen LogP contribution >= 0.6 is 0 Å². The third-order valence-electron chi connectivity index (χ3n) is 6.62. The summed E-state index contributed by atoms with van der Waals surface area (Å²) in [6.45, 7) is 1.47. The molecule has 0 aliphatic carbocycles. The molecular weight excluding hydrogens is 569 g/mol. The first-order chi connectivity index (χ1) is 20.1. The van der Waals surface area contributed by atoms with Crippen molar-refractivity contribution in [2.75, 3.05) is 4.31 Å². The van der Waals surface area contributed by atoms with Crippen LogP contribution in [0.15, 0.2) is 96.3 Å². The van der Waals surface area contributed by atoms with Crippen molar-refractivity contribution in [2.45, 2.75) is 24.9 Å². The summed E-state index contributed by atoms with van der Waals surface area (Å²) in [5.41, 5.74) is -0.620. The Morgan fingerprint density at radius 2 is 1.62 bits per heavy atom. The highest BCUT2D eigenvalue weighted by Gasteiger charge is 2.33. The summed E-state index contributed by atoms with van der Waals surface area (Å²) < 4.78 is 76.7. The molecule has 5 aromatic rings. The van der Waals surface area contributed by atoms with Crippen LogP contribution in [0.1, 0.15) is 22.8 Å². The van der Waals surface area contributed by atoms with E-state index >= 15 is 8.78 Å². The molecule has 0 atom stereocenters. The van der Waals surface area contributed by atoms with Crippen LogP contribution in [0.2, 0.25) is 0 Å². The maximum Gasteiger partial charge on any atom is 0.336 e. The Balaban J connectivity index is 1.76. The number of carboxylic acids is 1. The van der Waals surface area contributed by atoms with Gasteiger partial charge in [0.2, 0.25) is 0 Å². The van der Waals surface area contributed by atoms with Gasteiger partial charge in [-0.25, -0.2) is 26.4 Å². The molecule has 0 amide bonds. The maximum atomic E-state index is 16.6. The molecule has 12 heteroatoms. The quantitative estimate of drug-likeness (QED) is 0.220. The van der Waals surface area contributed by atoms with Crippen molar-refractivity contribution in [1.29, 1.82) is 0 Å². The highest BCUT2D eigenvalue weighted by atomic mass is 32.2. The number of halogens is 3. The Morgan fingerprint density at radius 3 is 2.31 bits per heavy atom. The van der Waals surface area contributed by atoms with Crippen LogP contribution in [0.25, 0.3) is 22.4 Å². The minimum absolute atomic E-state index is 0.00271. The Kier molecular flexibility index (Phi) is 7.81. The molecule has 0 aliphatic rings. The van der Waals surface area contributed by atoms with Crippen LogP contribution in [0.5, 0.6) is 0 Å². The molecule has 2 aromatic heterocycles. The van der Waals surface area contributed by atoms with E-state index in [9.17, 15) is 22.7 Å². The van der Waals surface area contributed by atoms with E-state index in [1.165, 1.54) is 53.5 Å². The zero-order valence-corrected chi connectivity index (χ0v) is 22.9. The fraction of sp³-hybridized carbons (Fsp3) is 0.100. The lowest BCUT2D eigenvalue weighted by Crippen LogP contribution is -2.33. The van der Waals surface area contributed by atoms with Crippen LogP contribution in [0, 0.1) is 17.5 Å². The SMILES string of the molecule is CCn1cc(-c2ccncc2)c(-c2c(F)ccc(N(Cc3ccccc3C(=O)O)S(=O)(=O)c3ccccc3F)c2F)n1. The summed E-state index contributed by atoms with van der Waals surface area (Å²) in [7, 11) is -4.85. The van der Waals surface area contributed by atoms with Crippen LogP contribution in [-0.2, 0) is 23.1 Å². The first-order valence-electron chi connectivity index (χ1n) is 12.7. The average molecular weight is 593 g/mol. The number of nitrogens with zero attached hydrogens (tertiary/aromatic N) is 4. The van der Waals surface area contributed by atoms with E-state index in [0.29, 0.717) is 22.0 Å². The van der Waals surface area contributed by atoms with Gasteiger partial charge < -0.3 is 5.11 Å². The third kappa shape index (κ3) is 5.23. The lowest BCUT2D eigenvalue weighted by Gasteiger charge is -2.26. The molecule has 0 spiro atoms. The Hall–Kier alpha value is -4.97. The fourth-order valence-corrected chi connectivity index (χ4v) is 6.07. The zero-order valence-electron chi connectivity index (χ0n) is 22.1. The largest absolute Gasteiger partial charge is 0.478 e. The molecule has 0 saturated heterocycles. The van der Waals surface area contributed by atoms with E-state index in [0.717, 1.165) is 24.3 Å². The number of hydrogen-bond donors (Lipinski definition) is 1. The lowest BCUT2D eigenvalue weighted by molar-refractivity contribution is 0.0695. The molecule has 0 bridgehead atoms. The minimum Gasteiger partial charge on any atom is -0.478 e. The van der Waals surface area contributed by atoms with Gasteiger partial charge in [0, 0.05) is 30.7 Å². The predicted molar refractivity (Wildman–Crippen MR) is 150 cm³/mol. The monoisotopic (exact) mass is 592 g/mol. The standard InChI is InChI=1S/C30H23F3N4O4S/c1-2-36-18-22(19-13-15-34-16-14-19)29(35-36)27-24(32)11-12-25(28(27)33)37(17-20-7-3-4-8-21(20)30(38)39)42(40,41)26-10-6-5-9-23(26)31/h3-16,18H,2,17H2,1H3,(H,38,39). The molecular formula is C30H23F3N4O4S. The minimum atomic E-state index is -4.85. The molecule has 5 rings (SSSR count). The van der Waals surface area contributed by atoms with Crippen LogP contribution in [-0.4, -0.2) is 34.3 Å². The van der Waals surface area contributed by atoms with Gasteiger partial charge in [-0.3, -0.25) is 14.0 Å². The molecule has 0 saturated carbocycles. The van der Waals surface area contributed by atoms with Crippen LogP contribution < -0.4 is 4.31 Å². The van der Waals surface area contributed by atoms with Gasteiger partial charge in [0.1, 0.15) is 22.2 Å². The average Bonchev–Trinajstić information content (AvgIpc) is 3.41. The number of carbonyl (C=O) groups is 1. The maximum absolute atomic E-state index is 16.6. The van der Waals surface area contributed by atoms with Crippen molar-refractivity contribution in [3.63, 3.8) is 0 Å². The van der Waals surface area contributed by atoms with E-state index in [2.05, 4.69) is 10.1 Å². The Bertz CT molecular complexity index is 1900. The molecule has 214 valence electrons. The van der Waals surface area contributed by atoms with Crippen molar-refractivity contribution >= 4 is 21.7 Å². The molecule has 0 aliphatic heterocycles. The Morgan fingerprint density at radius 1 is 0.929 bits per heavy atom. The van der Waals surface area contributed by atoms with Gasteiger partial charge >= 0.3 is 5.97 Å². The molecule has 42 heavy (non-hydrogen) atoms. The first-order valence-corrected chi connectivity index (χ1v) is 14.1. The molecule has 0 radical (unpaired) electrons. The van der Waals surface area contributed by atoms with E-state index in [1.807, 2.05) is 0 Å². The van der Waals surface area contributed by atoms with E-state index in [4.69, 9.17) is 0 Å². The van der Waals surface area contributed by atoms with Gasteiger partial charge in [-0.15, -0.1) is 0 Å². The van der Waals surface area contributed by atoms with E-state index in [-0.39, 0.29) is 16.8 Å². The van der Waals surface area contributed by atoms with Gasteiger partial charge in [-0.1, -0.05) is 30.3 Å². The summed E-state index contributed by atoms with van der Waals surface area (Å²) in [5.74, 6) is -4.74. The van der Waals surface area contributed by atoms with Crippen molar-refractivity contribution in [3.05, 3.63) is 120 Å². The normalized spacial score (nSPS) is 11.4. The summed E-state index contributed by atoms with van der Waals surface area (Å²) in [6, 6.07) is 15.2. The second kappa shape index (κ2) is 11.5.